The highest BCUT2D eigenvalue weighted by Crippen LogP contribution is 2.30. The van der Waals surface area contributed by atoms with Gasteiger partial charge in [-0.05, 0) is 42.7 Å². The molecule has 0 saturated carbocycles. The molecule has 2 nitrogen and oxygen atoms in total. The molecule has 0 fully saturated rings. The van der Waals surface area contributed by atoms with Gasteiger partial charge in [-0.1, -0.05) is 30.3 Å². The van der Waals surface area contributed by atoms with E-state index < -0.39 is 0 Å². The van der Waals surface area contributed by atoms with Crippen molar-refractivity contribution in [3.8, 4) is 21.8 Å². The van der Waals surface area contributed by atoms with E-state index in [1.165, 1.54) is 16.7 Å². The summed E-state index contributed by atoms with van der Waals surface area (Å²) in [5.41, 5.74) is 12.8. The number of benzene rings is 2. The first-order valence-electron chi connectivity index (χ1n) is 7.00. The maximum atomic E-state index is 5.71. The van der Waals surface area contributed by atoms with Crippen molar-refractivity contribution in [2.45, 2.75) is 20.4 Å². The predicted molar refractivity (Wildman–Crippen MR) is 90.4 cm³/mol. The third-order valence-electron chi connectivity index (χ3n) is 3.72. The molecule has 1 heterocycles. The van der Waals surface area contributed by atoms with Crippen LogP contribution in [0.1, 0.15) is 16.7 Å². The van der Waals surface area contributed by atoms with Crippen molar-refractivity contribution in [2.24, 2.45) is 5.73 Å². The van der Waals surface area contributed by atoms with Crippen molar-refractivity contribution in [3.05, 3.63) is 64.5 Å². The standard InChI is InChI=1S/C18H18N2S/c1-12-6-7-15(8-13(12)2)17-11-21-18(20-17)16-5-3-4-14(9-16)10-19/h3-9,11H,10,19H2,1-2H3. The molecule has 3 rings (SSSR count). The Morgan fingerprint density at radius 3 is 2.62 bits per heavy atom. The Morgan fingerprint density at radius 1 is 1.00 bits per heavy atom. The van der Waals surface area contributed by atoms with Gasteiger partial charge >= 0.3 is 0 Å². The summed E-state index contributed by atoms with van der Waals surface area (Å²) in [6.45, 7) is 4.82. The molecule has 0 aliphatic carbocycles. The van der Waals surface area contributed by atoms with Gasteiger partial charge in [0.25, 0.3) is 0 Å². The Hall–Kier alpha value is -1.97. The van der Waals surface area contributed by atoms with Crippen LogP contribution in [0.4, 0.5) is 0 Å². The third-order valence-corrected chi connectivity index (χ3v) is 4.61. The molecule has 3 heteroatoms. The molecule has 2 aromatic carbocycles. The molecule has 0 atom stereocenters. The topological polar surface area (TPSA) is 38.9 Å². The lowest BCUT2D eigenvalue weighted by Crippen LogP contribution is -1.95. The summed E-state index contributed by atoms with van der Waals surface area (Å²) in [6.07, 6.45) is 0. The maximum absolute atomic E-state index is 5.71. The van der Waals surface area contributed by atoms with E-state index in [-0.39, 0.29) is 0 Å². The number of nitrogens with two attached hydrogens (primary N) is 1. The van der Waals surface area contributed by atoms with Crippen molar-refractivity contribution in [3.63, 3.8) is 0 Å². The highest BCUT2D eigenvalue weighted by molar-refractivity contribution is 7.13. The van der Waals surface area contributed by atoms with Crippen LogP contribution in [-0.4, -0.2) is 4.98 Å². The van der Waals surface area contributed by atoms with E-state index in [4.69, 9.17) is 10.7 Å². The maximum Gasteiger partial charge on any atom is 0.124 e. The van der Waals surface area contributed by atoms with Crippen LogP contribution in [0.2, 0.25) is 0 Å². The van der Waals surface area contributed by atoms with Crippen LogP contribution in [0.25, 0.3) is 21.8 Å². The molecule has 106 valence electrons. The molecule has 21 heavy (non-hydrogen) atoms. The van der Waals surface area contributed by atoms with Crippen LogP contribution in [0, 0.1) is 13.8 Å². The van der Waals surface area contributed by atoms with Crippen molar-refractivity contribution in [2.75, 3.05) is 0 Å². The normalized spacial score (nSPS) is 10.8. The van der Waals surface area contributed by atoms with Crippen LogP contribution in [0.5, 0.6) is 0 Å². The largest absolute Gasteiger partial charge is 0.326 e. The Kier molecular flexibility index (Phi) is 3.86. The molecular formula is C18H18N2S. The van der Waals surface area contributed by atoms with E-state index in [2.05, 4.69) is 49.6 Å². The van der Waals surface area contributed by atoms with Gasteiger partial charge in [-0.25, -0.2) is 4.98 Å². The Labute approximate surface area is 129 Å². The van der Waals surface area contributed by atoms with Gasteiger partial charge in [0.15, 0.2) is 0 Å². The second-order valence-electron chi connectivity index (χ2n) is 5.24. The van der Waals surface area contributed by atoms with Crippen LogP contribution in [0.3, 0.4) is 0 Å². The third kappa shape index (κ3) is 2.89. The Bertz CT molecular complexity index is 774. The highest BCUT2D eigenvalue weighted by Gasteiger charge is 2.08. The molecule has 0 unspecified atom stereocenters. The van der Waals surface area contributed by atoms with E-state index in [0.29, 0.717) is 6.54 Å². The minimum absolute atomic E-state index is 0.559. The zero-order chi connectivity index (χ0) is 14.8. The summed E-state index contributed by atoms with van der Waals surface area (Å²) in [6, 6.07) is 14.8. The van der Waals surface area contributed by atoms with Crippen molar-refractivity contribution >= 4 is 11.3 Å². The van der Waals surface area contributed by atoms with E-state index in [1.807, 2.05) is 12.1 Å². The van der Waals surface area contributed by atoms with Gasteiger partial charge in [-0.3, -0.25) is 0 Å². The Balaban J connectivity index is 1.97. The molecule has 0 aliphatic heterocycles. The first-order chi connectivity index (χ1) is 10.2. The quantitative estimate of drug-likeness (QED) is 0.769. The smallest absolute Gasteiger partial charge is 0.124 e. The average Bonchev–Trinajstić information content (AvgIpc) is 3.00. The average molecular weight is 294 g/mol. The van der Waals surface area contributed by atoms with Crippen molar-refractivity contribution in [1.82, 2.24) is 4.98 Å². The van der Waals surface area contributed by atoms with Gasteiger partial charge in [-0.2, -0.15) is 0 Å². The summed E-state index contributed by atoms with van der Waals surface area (Å²) in [7, 11) is 0. The van der Waals surface area contributed by atoms with Gasteiger partial charge < -0.3 is 5.73 Å². The van der Waals surface area contributed by atoms with Crippen LogP contribution >= 0.6 is 11.3 Å². The van der Waals surface area contributed by atoms with E-state index in [9.17, 15) is 0 Å². The number of aromatic nitrogens is 1. The fraction of sp³-hybridized carbons (Fsp3) is 0.167. The summed E-state index contributed by atoms with van der Waals surface area (Å²) in [5, 5.41) is 3.16. The van der Waals surface area contributed by atoms with Crippen molar-refractivity contribution < 1.29 is 0 Å². The number of hydrogen-bond acceptors (Lipinski definition) is 3. The summed E-state index contributed by atoms with van der Waals surface area (Å²) in [5.74, 6) is 0. The Morgan fingerprint density at radius 2 is 1.86 bits per heavy atom. The zero-order valence-corrected chi connectivity index (χ0v) is 13.1. The molecule has 0 spiro atoms. The molecule has 0 bridgehead atoms. The molecule has 0 amide bonds. The predicted octanol–water partition coefficient (Wildman–Crippen LogP) is 4.55. The minimum atomic E-state index is 0.559. The fourth-order valence-electron chi connectivity index (χ4n) is 2.27. The second-order valence-corrected chi connectivity index (χ2v) is 6.10. The van der Waals surface area contributed by atoms with Crippen LogP contribution in [0.15, 0.2) is 47.8 Å². The fourth-order valence-corrected chi connectivity index (χ4v) is 3.10. The van der Waals surface area contributed by atoms with Crippen LogP contribution in [-0.2, 0) is 6.54 Å². The number of aryl methyl sites for hydroxylation is 2. The lowest BCUT2D eigenvalue weighted by molar-refractivity contribution is 1.07. The summed E-state index contributed by atoms with van der Waals surface area (Å²) < 4.78 is 0. The molecule has 1 aromatic heterocycles. The van der Waals surface area contributed by atoms with Gasteiger partial charge in [0.05, 0.1) is 5.69 Å². The van der Waals surface area contributed by atoms with E-state index in [0.717, 1.165) is 21.8 Å². The summed E-state index contributed by atoms with van der Waals surface area (Å²) in [4.78, 5) is 4.77. The van der Waals surface area contributed by atoms with Gasteiger partial charge in [0.1, 0.15) is 5.01 Å². The first kappa shape index (κ1) is 14.0. The van der Waals surface area contributed by atoms with E-state index >= 15 is 0 Å². The molecule has 0 radical (unpaired) electrons. The molecule has 0 aliphatic rings. The van der Waals surface area contributed by atoms with Gasteiger partial charge in [0.2, 0.25) is 0 Å². The number of rotatable bonds is 3. The minimum Gasteiger partial charge on any atom is -0.326 e. The van der Waals surface area contributed by atoms with Gasteiger partial charge in [-0.15, -0.1) is 11.3 Å². The lowest BCUT2D eigenvalue weighted by atomic mass is 10.1. The van der Waals surface area contributed by atoms with Crippen molar-refractivity contribution in [1.29, 1.82) is 0 Å². The summed E-state index contributed by atoms with van der Waals surface area (Å²) >= 11 is 1.67. The van der Waals surface area contributed by atoms with Gasteiger partial charge in [0, 0.05) is 23.1 Å². The lowest BCUT2D eigenvalue weighted by Gasteiger charge is -2.03. The number of nitrogens with zero attached hydrogens (tertiary/aromatic N) is 1. The monoisotopic (exact) mass is 294 g/mol. The highest BCUT2D eigenvalue weighted by atomic mass is 32.1. The SMILES string of the molecule is Cc1ccc(-c2csc(-c3cccc(CN)c3)n2)cc1C. The molecule has 2 N–H and O–H groups in total. The zero-order valence-electron chi connectivity index (χ0n) is 12.3. The van der Waals surface area contributed by atoms with E-state index in [1.54, 1.807) is 11.3 Å². The molecule has 3 aromatic rings. The molecule has 0 saturated heterocycles. The van der Waals surface area contributed by atoms with Crippen LogP contribution < -0.4 is 5.73 Å². The molecular weight excluding hydrogens is 276 g/mol. The number of thiazole rings is 1. The number of hydrogen-bond donors (Lipinski definition) is 1. The second kappa shape index (κ2) is 5.80. The first-order valence-corrected chi connectivity index (χ1v) is 7.88.